The van der Waals surface area contributed by atoms with E-state index in [4.69, 9.17) is 15.8 Å². The van der Waals surface area contributed by atoms with Crippen molar-refractivity contribution in [2.75, 3.05) is 24.9 Å². The van der Waals surface area contributed by atoms with Gasteiger partial charge in [0.15, 0.2) is 0 Å². The zero-order valence-corrected chi connectivity index (χ0v) is 11.1. The first-order chi connectivity index (χ1) is 8.45. The number of carbonyl (C=O) groups excluding carboxylic acids is 1. The number of carbonyl (C=O) groups is 1. The van der Waals surface area contributed by atoms with Crippen molar-refractivity contribution >= 4 is 29.8 Å². The van der Waals surface area contributed by atoms with E-state index in [1.807, 2.05) is 0 Å². The highest BCUT2D eigenvalue weighted by atomic mass is 35.7. The van der Waals surface area contributed by atoms with Gasteiger partial charge < -0.3 is 14.4 Å². The number of benzene rings is 1. The van der Waals surface area contributed by atoms with Gasteiger partial charge in [-0.15, -0.1) is 0 Å². The third-order valence-electron chi connectivity index (χ3n) is 2.53. The van der Waals surface area contributed by atoms with Gasteiger partial charge in [-0.2, -0.15) is 0 Å². The van der Waals surface area contributed by atoms with Crippen LogP contribution in [-0.4, -0.2) is 31.3 Å². The maximum atomic E-state index is 11.8. The van der Waals surface area contributed by atoms with Crippen molar-refractivity contribution in [1.29, 1.82) is 0 Å². The largest absolute Gasteiger partial charge is 0.507 e. The summed E-state index contributed by atoms with van der Waals surface area (Å²) in [4.78, 5) is 11.3. The second-order valence-electron chi connectivity index (χ2n) is 3.60. The number of ether oxygens (including phenoxy) is 1. The van der Waals surface area contributed by atoms with Crippen LogP contribution in [-0.2, 0) is 13.8 Å². The molecule has 1 fully saturated rings. The SMILES string of the molecule is COC(=O)c1ccc(N2CCO[P@]2(=O)Cl)cc1O. The van der Waals surface area contributed by atoms with Crippen LogP contribution in [0.4, 0.5) is 5.69 Å². The lowest BCUT2D eigenvalue weighted by Crippen LogP contribution is -2.13. The van der Waals surface area contributed by atoms with E-state index in [9.17, 15) is 14.5 Å². The van der Waals surface area contributed by atoms with Gasteiger partial charge in [0.25, 0.3) is 0 Å². The van der Waals surface area contributed by atoms with Gasteiger partial charge in [-0.3, -0.25) is 4.67 Å². The van der Waals surface area contributed by atoms with Gasteiger partial charge in [0.1, 0.15) is 11.3 Å². The van der Waals surface area contributed by atoms with E-state index in [2.05, 4.69) is 4.74 Å². The predicted octanol–water partition coefficient (Wildman–Crippen LogP) is 2.36. The minimum Gasteiger partial charge on any atom is -0.507 e. The molecular formula is C10H11ClNO5P. The quantitative estimate of drug-likeness (QED) is 0.666. The van der Waals surface area contributed by atoms with Crippen molar-refractivity contribution in [3.8, 4) is 5.75 Å². The molecule has 1 N–H and O–H groups in total. The maximum absolute atomic E-state index is 11.8. The first-order valence-corrected chi connectivity index (χ1v) is 7.57. The molecule has 0 aliphatic carbocycles. The van der Waals surface area contributed by atoms with E-state index in [0.29, 0.717) is 12.2 Å². The molecule has 1 heterocycles. The lowest BCUT2D eigenvalue weighted by Gasteiger charge is -2.19. The van der Waals surface area contributed by atoms with Crippen LogP contribution in [0.25, 0.3) is 0 Å². The number of anilines is 1. The van der Waals surface area contributed by atoms with Gasteiger partial charge in [-0.05, 0) is 23.4 Å². The molecule has 1 aliphatic rings. The highest BCUT2D eigenvalue weighted by Crippen LogP contribution is 2.60. The topological polar surface area (TPSA) is 76.1 Å². The van der Waals surface area contributed by atoms with Gasteiger partial charge in [-0.1, -0.05) is 0 Å². The molecule has 0 saturated carbocycles. The van der Waals surface area contributed by atoms with Crippen LogP contribution in [0.3, 0.4) is 0 Å². The summed E-state index contributed by atoms with van der Waals surface area (Å²) in [5.41, 5.74) is 0.460. The van der Waals surface area contributed by atoms with Gasteiger partial charge in [0, 0.05) is 11.8 Å². The average molecular weight is 292 g/mol. The normalized spacial score (nSPS) is 23.1. The molecule has 1 aliphatic heterocycles. The smallest absolute Gasteiger partial charge is 0.388 e. The van der Waals surface area contributed by atoms with E-state index in [0.717, 1.165) is 0 Å². The fourth-order valence-corrected chi connectivity index (χ4v) is 3.52. The highest BCUT2D eigenvalue weighted by Gasteiger charge is 2.35. The Hall–Kier alpha value is -1.23. The molecule has 2 rings (SSSR count). The molecule has 6 nitrogen and oxygen atoms in total. The number of phenols is 1. The minimum absolute atomic E-state index is 0.0331. The number of nitrogens with zero attached hydrogens (tertiary/aromatic N) is 1. The number of phenolic OH excluding ortho intramolecular Hbond substituents is 1. The number of halogens is 1. The molecule has 0 aromatic heterocycles. The Kier molecular flexibility index (Phi) is 3.52. The summed E-state index contributed by atoms with van der Waals surface area (Å²) in [7, 11) is 1.22. The second kappa shape index (κ2) is 4.80. The summed E-state index contributed by atoms with van der Waals surface area (Å²) in [6.07, 6.45) is 0. The summed E-state index contributed by atoms with van der Waals surface area (Å²) in [6.45, 7) is -2.75. The number of esters is 1. The fraction of sp³-hybridized carbons (Fsp3) is 0.300. The molecule has 1 aromatic rings. The fourth-order valence-electron chi connectivity index (χ4n) is 1.66. The van der Waals surface area contributed by atoms with Crippen LogP contribution in [0, 0.1) is 0 Å². The molecule has 1 saturated heterocycles. The molecule has 18 heavy (non-hydrogen) atoms. The summed E-state index contributed by atoms with van der Waals surface area (Å²) >= 11 is 5.74. The molecule has 0 amide bonds. The lowest BCUT2D eigenvalue weighted by molar-refractivity contribution is 0.0597. The van der Waals surface area contributed by atoms with Crippen LogP contribution < -0.4 is 4.67 Å². The van der Waals surface area contributed by atoms with E-state index in [1.54, 1.807) is 0 Å². The second-order valence-corrected chi connectivity index (χ2v) is 6.53. The van der Waals surface area contributed by atoms with Crippen LogP contribution in [0.5, 0.6) is 5.75 Å². The molecule has 0 unspecified atom stereocenters. The monoisotopic (exact) mass is 291 g/mol. The minimum atomic E-state index is -3.36. The Morgan fingerprint density at radius 2 is 2.33 bits per heavy atom. The van der Waals surface area contributed by atoms with Gasteiger partial charge in [0.2, 0.25) is 0 Å². The Morgan fingerprint density at radius 1 is 1.61 bits per heavy atom. The zero-order valence-electron chi connectivity index (χ0n) is 9.50. The van der Waals surface area contributed by atoms with Crippen molar-refractivity contribution in [3.63, 3.8) is 0 Å². The van der Waals surface area contributed by atoms with Crippen molar-refractivity contribution in [1.82, 2.24) is 0 Å². The van der Waals surface area contributed by atoms with Crippen molar-refractivity contribution < 1.29 is 23.7 Å². The molecule has 8 heteroatoms. The predicted molar refractivity (Wildman–Crippen MR) is 66.2 cm³/mol. The third-order valence-corrected chi connectivity index (χ3v) is 4.88. The molecule has 98 valence electrons. The number of hydrogen-bond donors (Lipinski definition) is 1. The standard InChI is InChI=1S/C10H11ClNO5P/c1-16-10(14)8-3-2-7(6-9(8)13)12-4-5-17-18(12,11)15/h2-3,6,13H,4-5H2,1H3/t18-/m1/s1. The molecule has 0 spiro atoms. The molecular weight excluding hydrogens is 281 g/mol. The van der Waals surface area contributed by atoms with E-state index in [-0.39, 0.29) is 17.9 Å². The summed E-state index contributed by atoms with van der Waals surface area (Å²) < 4.78 is 22.6. The van der Waals surface area contributed by atoms with Crippen LogP contribution in [0.1, 0.15) is 10.4 Å². The van der Waals surface area contributed by atoms with Crippen molar-refractivity contribution in [2.24, 2.45) is 0 Å². The van der Waals surface area contributed by atoms with Crippen molar-refractivity contribution in [3.05, 3.63) is 23.8 Å². The Labute approximate surface area is 108 Å². The van der Waals surface area contributed by atoms with E-state index < -0.39 is 12.8 Å². The summed E-state index contributed by atoms with van der Waals surface area (Å²) in [5.74, 6) is -0.909. The number of aromatic hydroxyl groups is 1. The number of methoxy groups -OCH3 is 1. The first-order valence-electron chi connectivity index (χ1n) is 5.09. The third kappa shape index (κ3) is 2.32. The number of hydrogen-bond acceptors (Lipinski definition) is 5. The Balaban J connectivity index is 2.35. The van der Waals surface area contributed by atoms with Gasteiger partial charge >= 0.3 is 12.8 Å². The van der Waals surface area contributed by atoms with Gasteiger partial charge in [0.05, 0.1) is 20.3 Å². The van der Waals surface area contributed by atoms with Crippen LogP contribution in [0.2, 0.25) is 0 Å². The van der Waals surface area contributed by atoms with Gasteiger partial charge in [-0.25, -0.2) is 9.36 Å². The van der Waals surface area contributed by atoms with Crippen LogP contribution in [0.15, 0.2) is 18.2 Å². The molecule has 1 aromatic carbocycles. The highest BCUT2D eigenvalue weighted by molar-refractivity contribution is 7.86. The lowest BCUT2D eigenvalue weighted by atomic mass is 10.2. The summed E-state index contributed by atoms with van der Waals surface area (Å²) in [6, 6.07) is 4.21. The summed E-state index contributed by atoms with van der Waals surface area (Å²) in [5, 5.41) is 9.72. The Bertz CT molecular complexity index is 535. The Morgan fingerprint density at radius 3 is 2.83 bits per heavy atom. The van der Waals surface area contributed by atoms with Crippen molar-refractivity contribution in [2.45, 2.75) is 0 Å². The average Bonchev–Trinajstić information content (AvgIpc) is 2.68. The maximum Gasteiger partial charge on any atom is 0.388 e. The first kappa shape index (κ1) is 13.2. The number of rotatable bonds is 2. The molecule has 1 atom stereocenters. The van der Waals surface area contributed by atoms with E-state index >= 15 is 0 Å². The van der Waals surface area contributed by atoms with E-state index in [1.165, 1.54) is 30.0 Å². The van der Waals surface area contributed by atoms with Crippen LogP contribution >= 0.6 is 18.1 Å². The zero-order chi connectivity index (χ0) is 13.3. The molecule has 0 bridgehead atoms. The molecule has 0 radical (unpaired) electrons.